The van der Waals surface area contributed by atoms with Crippen LogP contribution >= 0.6 is 0 Å². The lowest BCUT2D eigenvalue weighted by Gasteiger charge is -2.22. The lowest BCUT2D eigenvalue weighted by Crippen LogP contribution is -2.32. The van der Waals surface area contributed by atoms with Crippen molar-refractivity contribution in [3.63, 3.8) is 0 Å². The van der Waals surface area contributed by atoms with Crippen LogP contribution in [0.25, 0.3) is 0 Å². The summed E-state index contributed by atoms with van der Waals surface area (Å²) in [5.74, 6) is 0.649. The average Bonchev–Trinajstić information content (AvgIpc) is 2.92. The first-order valence-corrected chi connectivity index (χ1v) is 9.20. The number of hydrogen-bond acceptors (Lipinski definition) is 5. The van der Waals surface area contributed by atoms with Gasteiger partial charge in [-0.15, -0.1) is 0 Å². The highest BCUT2D eigenvalue weighted by Gasteiger charge is 2.39. The van der Waals surface area contributed by atoms with E-state index < -0.39 is 9.84 Å². The quantitative estimate of drug-likeness (QED) is 0.897. The summed E-state index contributed by atoms with van der Waals surface area (Å²) < 4.78 is 26.1. The van der Waals surface area contributed by atoms with Gasteiger partial charge in [-0.2, -0.15) is 0 Å². The highest BCUT2D eigenvalue weighted by molar-refractivity contribution is 7.95. The van der Waals surface area contributed by atoms with Crippen LogP contribution in [-0.4, -0.2) is 39.3 Å². The summed E-state index contributed by atoms with van der Waals surface area (Å²) in [6.07, 6.45) is 6.11. The van der Waals surface area contributed by atoms with Crippen molar-refractivity contribution in [2.45, 2.75) is 18.2 Å². The van der Waals surface area contributed by atoms with Gasteiger partial charge in [0.15, 0.2) is 0 Å². The third-order valence-corrected chi connectivity index (χ3v) is 6.01. The second-order valence-electron chi connectivity index (χ2n) is 5.81. The van der Waals surface area contributed by atoms with Crippen LogP contribution in [0.5, 0.6) is 0 Å². The molecule has 2 aliphatic rings. The van der Waals surface area contributed by atoms with Gasteiger partial charge in [0.2, 0.25) is 9.84 Å². The van der Waals surface area contributed by atoms with Gasteiger partial charge in [-0.3, -0.25) is 0 Å². The normalized spacial score (nSPS) is 20.3. The van der Waals surface area contributed by atoms with Crippen molar-refractivity contribution < 1.29 is 8.42 Å². The predicted octanol–water partition coefficient (Wildman–Crippen LogP) is 2.08. The molecule has 0 aliphatic carbocycles. The van der Waals surface area contributed by atoms with E-state index in [0.29, 0.717) is 22.8 Å². The van der Waals surface area contributed by atoms with E-state index in [1.54, 1.807) is 30.6 Å². The van der Waals surface area contributed by atoms with Crippen molar-refractivity contribution >= 4 is 15.7 Å². The molecule has 1 unspecified atom stereocenters. The van der Waals surface area contributed by atoms with Gasteiger partial charge in [0, 0.05) is 25.5 Å². The summed E-state index contributed by atoms with van der Waals surface area (Å²) in [5.41, 5.74) is 0.939. The molecule has 0 saturated heterocycles. The van der Waals surface area contributed by atoms with Crippen molar-refractivity contribution in [3.05, 3.63) is 53.2 Å². The van der Waals surface area contributed by atoms with Gasteiger partial charge in [0.05, 0.1) is 15.7 Å². The summed E-state index contributed by atoms with van der Waals surface area (Å²) in [6.45, 7) is 3.37. The highest BCUT2D eigenvalue weighted by Crippen LogP contribution is 2.36. The van der Waals surface area contributed by atoms with Crippen molar-refractivity contribution in [2.24, 2.45) is 10.9 Å². The van der Waals surface area contributed by atoms with Crippen molar-refractivity contribution in [1.29, 1.82) is 0 Å². The Labute approximate surface area is 137 Å². The molecule has 122 valence electrons. The van der Waals surface area contributed by atoms with Gasteiger partial charge in [-0.25, -0.2) is 13.4 Å². The number of rotatable bonds is 5. The fourth-order valence-electron chi connectivity index (χ4n) is 2.94. The largest absolute Gasteiger partial charge is 0.334 e. The van der Waals surface area contributed by atoms with E-state index in [1.807, 2.05) is 31.0 Å². The summed E-state index contributed by atoms with van der Waals surface area (Å²) in [5, 5.41) is 3.09. The molecule has 0 fully saturated rings. The molecule has 5 nitrogen and oxygen atoms in total. The lowest BCUT2D eigenvalue weighted by atomic mass is 10.0. The van der Waals surface area contributed by atoms with Gasteiger partial charge in [0.25, 0.3) is 0 Å². The Bertz CT molecular complexity index is 794. The van der Waals surface area contributed by atoms with Crippen LogP contribution < -0.4 is 5.32 Å². The number of fused-ring (bicyclic) bond motifs is 1. The maximum Gasteiger partial charge on any atom is 0.204 e. The molecular weight excluding hydrogens is 310 g/mol. The number of nitrogens with zero attached hydrogens (tertiary/aromatic N) is 2. The summed E-state index contributed by atoms with van der Waals surface area (Å²) >= 11 is 0. The van der Waals surface area contributed by atoms with E-state index in [0.717, 1.165) is 17.9 Å². The zero-order chi connectivity index (χ0) is 16.4. The van der Waals surface area contributed by atoms with E-state index in [4.69, 9.17) is 0 Å². The molecule has 2 heterocycles. The van der Waals surface area contributed by atoms with Crippen LogP contribution in [0.2, 0.25) is 0 Å². The molecule has 0 spiro atoms. The number of aliphatic imine (C=N–C) groups is 1. The van der Waals surface area contributed by atoms with E-state index in [9.17, 15) is 8.42 Å². The predicted molar refractivity (Wildman–Crippen MR) is 91.8 cm³/mol. The monoisotopic (exact) mass is 331 g/mol. The number of aryl methyl sites for hydroxylation is 1. The van der Waals surface area contributed by atoms with E-state index in [-0.39, 0.29) is 5.92 Å². The number of likely N-dealkylation sites (N-methyl/N-ethyl adjacent to an activating group) is 1. The van der Waals surface area contributed by atoms with Gasteiger partial charge in [0.1, 0.15) is 5.84 Å². The Morgan fingerprint density at radius 2 is 2.22 bits per heavy atom. The van der Waals surface area contributed by atoms with Gasteiger partial charge in [-0.1, -0.05) is 18.2 Å². The molecule has 1 N–H and O–H groups in total. The highest BCUT2D eigenvalue weighted by atomic mass is 32.2. The lowest BCUT2D eigenvalue weighted by molar-refractivity contribution is 0.534. The molecule has 1 aromatic rings. The van der Waals surface area contributed by atoms with Gasteiger partial charge in [-0.05, 0) is 38.1 Å². The van der Waals surface area contributed by atoms with Crippen molar-refractivity contribution in [2.75, 3.05) is 20.1 Å². The molecular formula is C17H21N3O2S. The molecule has 6 heteroatoms. The zero-order valence-corrected chi connectivity index (χ0v) is 14.2. The number of amidine groups is 1. The van der Waals surface area contributed by atoms with Crippen LogP contribution in [-0.2, 0) is 9.84 Å². The minimum atomic E-state index is -3.51. The Balaban J connectivity index is 2.00. The van der Waals surface area contributed by atoms with Crippen LogP contribution in [0.4, 0.5) is 0 Å². The Morgan fingerprint density at radius 1 is 1.39 bits per heavy atom. The molecule has 1 atom stereocenters. The molecule has 1 aromatic carbocycles. The Kier molecular flexibility index (Phi) is 4.37. The summed E-state index contributed by atoms with van der Waals surface area (Å²) in [6, 6.07) is 7.07. The third-order valence-electron chi connectivity index (χ3n) is 4.13. The molecule has 23 heavy (non-hydrogen) atoms. The van der Waals surface area contributed by atoms with Crippen LogP contribution in [0.15, 0.2) is 57.5 Å². The Morgan fingerprint density at radius 3 is 2.96 bits per heavy atom. The molecule has 0 radical (unpaired) electrons. The number of hydrogen-bond donors (Lipinski definition) is 1. The maximum absolute atomic E-state index is 13.1. The molecule has 0 saturated carbocycles. The van der Waals surface area contributed by atoms with Gasteiger partial charge < -0.3 is 10.2 Å². The fraction of sp³-hybridized carbons (Fsp3) is 0.353. The third kappa shape index (κ3) is 2.96. The first kappa shape index (κ1) is 16.0. The van der Waals surface area contributed by atoms with Crippen LogP contribution in [0.3, 0.4) is 0 Å². The fourth-order valence-corrected chi connectivity index (χ4v) is 4.65. The zero-order valence-electron chi connectivity index (χ0n) is 13.4. The van der Waals surface area contributed by atoms with E-state index in [1.165, 1.54) is 0 Å². The SMILES string of the molecule is CNCCN1C=C(S(=O)(=O)c2cccc(C)c2)C2CC=CN=C21. The Hall–Kier alpha value is -1.92. The topological polar surface area (TPSA) is 61.8 Å². The molecule has 0 bridgehead atoms. The molecule has 3 rings (SSSR count). The van der Waals surface area contributed by atoms with E-state index in [2.05, 4.69) is 10.3 Å². The standard InChI is InChI=1S/C17H21N3O2S/c1-13-5-3-6-14(11-13)23(21,22)16-12-20(10-9-18-2)17-15(16)7-4-8-19-17/h3-6,8,11-12,15,18H,7,9-10H2,1-2H3. The number of allylic oxidation sites excluding steroid dienone is 1. The van der Waals surface area contributed by atoms with Crippen molar-refractivity contribution in [3.8, 4) is 0 Å². The van der Waals surface area contributed by atoms with Gasteiger partial charge >= 0.3 is 0 Å². The second-order valence-corrected chi connectivity index (χ2v) is 7.76. The second kappa shape index (κ2) is 6.29. The van der Waals surface area contributed by atoms with E-state index >= 15 is 0 Å². The minimum Gasteiger partial charge on any atom is -0.334 e. The first-order valence-electron chi connectivity index (χ1n) is 7.71. The smallest absolute Gasteiger partial charge is 0.204 e. The van der Waals surface area contributed by atoms with Crippen molar-refractivity contribution in [1.82, 2.24) is 10.2 Å². The number of nitrogens with one attached hydrogen (secondary N) is 1. The first-order chi connectivity index (χ1) is 11.0. The molecule has 0 amide bonds. The molecule has 0 aromatic heterocycles. The summed E-state index contributed by atoms with van der Waals surface area (Å²) in [7, 11) is -1.63. The minimum absolute atomic E-state index is 0.178. The molecule has 2 aliphatic heterocycles. The number of sulfone groups is 1. The summed E-state index contributed by atoms with van der Waals surface area (Å²) in [4.78, 5) is 7.17. The van der Waals surface area contributed by atoms with Crippen LogP contribution in [0, 0.1) is 12.8 Å². The number of benzene rings is 1. The average molecular weight is 331 g/mol. The van der Waals surface area contributed by atoms with Crippen LogP contribution in [0.1, 0.15) is 12.0 Å². The maximum atomic E-state index is 13.1.